The Bertz CT molecular complexity index is 2340. The number of nitrogens with one attached hydrogen (secondary N) is 2. The van der Waals surface area contributed by atoms with E-state index in [0.29, 0.717) is 35.3 Å². The van der Waals surface area contributed by atoms with E-state index in [0.717, 1.165) is 56.4 Å². The van der Waals surface area contributed by atoms with Crippen molar-refractivity contribution in [2.75, 3.05) is 13.2 Å². The van der Waals surface area contributed by atoms with Gasteiger partial charge >= 0.3 is 0 Å². The van der Waals surface area contributed by atoms with Crippen LogP contribution in [0.25, 0.3) is 67.3 Å². The first kappa shape index (κ1) is 35.7. The first-order valence-electron chi connectivity index (χ1n) is 17.1. The third-order valence-corrected chi connectivity index (χ3v) is 8.67. The summed E-state index contributed by atoms with van der Waals surface area (Å²) in [5.41, 5.74) is 10.5. The highest BCUT2D eigenvalue weighted by molar-refractivity contribution is 5.83. The Morgan fingerprint density at radius 2 is 1.00 bits per heavy atom. The second-order valence-electron chi connectivity index (χ2n) is 12.5. The van der Waals surface area contributed by atoms with Crippen LogP contribution in [0.5, 0.6) is 0 Å². The van der Waals surface area contributed by atoms with Gasteiger partial charge in [-0.2, -0.15) is 20.4 Å². The minimum Gasteiger partial charge on any atom is -0.394 e. The molecule has 0 unspecified atom stereocenters. The third kappa shape index (κ3) is 7.74. The molecule has 0 fully saturated rings. The van der Waals surface area contributed by atoms with E-state index in [-0.39, 0.29) is 24.8 Å². The molecule has 12 nitrogen and oxygen atoms in total. The highest BCUT2D eigenvalue weighted by Gasteiger charge is 2.17. The summed E-state index contributed by atoms with van der Waals surface area (Å²) in [6, 6.07) is 21.4. The number of hydrogen-bond acceptors (Lipinski definition) is 8. The molecule has 0 bridgehead atoms. The minimum atomic E-state index is -0.332. The molecule has 0 spiro atoms. The summed E-state index contributed by atoms with van der Waals surface area (Å²) in [6.45, 7) is 4.55. The lowest BCUT2D eigenvalue weighted by molar-refractivity contribution is 0.269. The molecule has 0 saturated heterocycles. The van der Waals surface area contributed by atoms with Crippen molar-refractivity contribution in [2.45, 2.75) is 26.9 Å². The van der Waals surface area contributed by atoms with Gasteiger partial charge in [0.25, 0.3) is 0 Å². The Balaban J connectivity index is 0.000000167. The molecule has 0 aliphatic heterocycles. The molecule has 4 N–H and O–H groups in total. The molecular weight excluding hydrogens is 691 g/mol. The molecule has 2 aromatic carbocycles. The molecular formula is C40H36F2N10O2. The zero-order chi connectivity index (χ0) is 37.6. The summed E-state index contributed by atoms with van der Waals surface area (Å²) in [7, 11) is 0. The molecule has 54 heavy (non-hydrogen) atoms. The Morgan fingerprint density at radius 1 is 0.556 bits per heavy atom. The van der Waals surface area contributed by atoms with E-state index < -0.39 is 0 Å². The molecule has 14 heteroatoms. The quantitative estimate of drug-likeness (QED) is 0.119. The average Bonchev–Trinajstić information content (AvgIpc) is 4.01. The van der Waals surface area contributed by atoms with E-state index in [2.05, 4.69) is 40.6 Å². The summed E-state index contributed by atoms with van der Waals surface area (Å²) in [5.74, 6) is -0.665. The normalized spacial score (nSPS) is 11.1. The van der Waals surface area contributed by atoms with E-state index in [4.69, 9.17) is 10.2 Å². The molecule has 272 valence electrons. The van der Waals surface area contributed by atoms with Crippen LogP contribution in [0.4, 0.5) is 8.78 Å². The topological polar surface area (TPSA) is 159 Å². The number of benzene rings is 2. The van der Waals surface area contributed by atoms with Crippen LogP contribution in [0.1, 0.15) is 11.4 Å². The molecule has 0 aliphatic rings. The van der Waals surface area contributed by atoms with E-state index in [1.165, 1.54) is 12.1 Å². The van der Waals surface area contributed by atoms with Crippen LogP contribution >= 0.6 is 0 Å². The fourth-order valence-electron chi connectivity index (χ4n) is 6.05. The van der Waals surface area contributed by atoms with Gasteiger partial charge in [0, 0.05) is 57.2 Å². The number of pyridine rings is 2. The highest BCUT2D eigenvalue weighted by atomic mass is 19.1. The van der Waals surface area contributed by atoms with Crippen molar-refractivity contribution in [3.63, 3.8) is 0 Å². The summed E-state index contributed by atoms with van der Waals surface area (Å²) >= 11 is 0. The fourth-order valence-corrected chi connectivity index (χ4v) is 6.05. The molecule has 0 atom stereocenters. The van der Waals surface area contributed by atoms with Crippen LogP contribution in [0.15, 0.2) is 110 Å². The first-order chi connectivity index (χ1) is 26.3. The first-order valence-corrected chi connectivity index (χ1v) is 17.1. The van der Waals surface area contributed by atoms with Gasteiger partial charge in [-0.25, -0.2) is 8.78 Å². The maximum atomic E-state index is 14.4. The number of aryl methyl sites for hydroxylation is 2. The number of hydrogen-bond donors (Lipinski definition) is 4. The fraction of sp³-hybridized carbons (Fsp3) is 0.150. The molecule has 0 aliphatic carbocycles. The molecule has 0 radical (unpaired) electrons. The van der Waals surface area contributed by atoms with Crippen molar-refractivity contribution < 1.29 is 19.0 Å². The maximum absolute atomic E-state index is 14.4. The molecule has 6 aromatic heterocycles. The van der Waals surface area contributed by atoms with Gasteiger partial charge in [0.1, 0.15) is 11.6 Å². The Kier molecular flexibility index (Phi) is 10.6. The predicted octanol–water partition coefficient (Wildman–Crippen LogP) is 6.88. The van der Waals surface area contributed by atoms with Crippen LogP contribution in [0, 0.1) is 25.5 Å². The Hall–Kier alpha value is -6.64. The van der Waals surface area contributed by atoms with Crippen LogP contribution < -0.4 is 0 Å². The zero-order valence-electron chi connectivity index (χ0n) is 29.4. The SMILES string of the molecule is Cc1cccc(-c2[nH]ncc2-c2ccc(F)c(-c3cnn(CCO)c3)c2)n1.Cc1cccc(-c2[nH]ncc2-c2ccc(F)c(-c3cnn(CCO)c3)c2)n1. The monoisotopic (exact) mass is 726 g/mol. The van der Waals surface area contributed by atoms with Crippen molar-refractivity contribution in [2.24, 2.45) is 0 Å². The highest BCUT2D eigenvalue weighted by Crippen LogP contribution is 2.35. The van der Waals surface area contributed by atoms with Gasteiger partial charge in [0.15, 0.2) is 0 Å². The van der Waals surface area contributed by atoms with Gasteiger partial charge in [-0.1, -0.05) is 24.3 Å². The van der Waals surface area contributed by atoms with Crippen LogP contribution in [-0.4, -0.2) is 73.4 Å². The van der Waals surface area contributed by atoms with Gasteiger partial charge in [0.05, 0.1) is 73.9 Å². The molecule has 0 saturated carbocycles. The van der Waals surface area contributed by atoms with Crippen molar-refractivity contribution in [3.8, 4) is 67.3 Å². The van der Waals surface area contributed by atoms with Crippen LogP contribution in [0.2, 0.25) is 0 Å². The maximum Gasteiger partial charge on any atom is 0.131 e. The van der Waals surface area contributed by atoms with Crippen molar-refractivity contribution in [1.29, 1.82) is 0 Å². The van der Waals surface area contributed by atoms with Gasteiger partial charge in [-0.05, 0) is 73.5 Å². The third-order valence-electron chi connectivity index (χ3n) is 8.67. The van der Waals surface area contributed by atoms with E-state index in [1.54, 1.807) is 70.8 Å². The zero-order valence-corrected chi connectivity index (χ0v) is 29.4. The van der Waals surface area contributed by atoms with Gasteiger partial charge in [-0.15, -0.1) is 0 Å². The predicted molar refractivity (Wildman–Crippen MR) is 201 cm³/mol. The van der Waals surface area contributed by atoms with Crippen molar-refractivity contribution >= 4 is 0 Å². The van der Waals surface area contributed by atoms with E-state index >= 15 is 0 Å². The second-order valence-corrected chi connectivity index (χ2v) is 12.5. The van der Waals surface area contributed by atoms with Crippen LogP contribution in [0.3, 0.4) is 0 Å². The standard InChI is InChI=1S/2C20H18FN5O/c2*1-13-3-2-4-19(24-13)20-17(11-22-25-20)14-5-6-18(21)16(9-14)15-10-23-26(12-15)7-8-27/h2*2-6,9-12,27H,7-8H2,1H3,(H,22,25). The number of H-pyrrole nitrogens is 2. The number of halogens is 2. The molecule has 6 heterocycles. The molecule has 8 aromatic rings. The Morgan fingerprint density at radius 3 is 1.41 bits per heavy atom. The largest absolute Gasteiger partial charge is 0.394 e. The second kappa shape index (κ2) is 15.9. The van der Waals surface area contributed by atoms with Gasteiger partial charge in [0.2, 0.25) is 0 Å². The summed E-state index contributed by atoms with van der Waals surface area (Å²) in [6.07, 6.45) is 10.1. The van der Waals surface area contributed by atoms with Gasteiger partial charge in [-0.3, -0.25) is 29.5 Å². The molecule has 0 amide bonds. The summed E-state index contributed by atoms with van der Waals surface area (Å²) in [4.78, 5) is 9.08. The average molecular weight is 727 g/mol. The van der Waals surface area contributed by atoms with E-state index in [1.807, 2.05) is 50.2 Å². The smallest absolute Gasteiger partial charge is 0.131 e. The van der Waals surface area contributed by atoms with Crippen LogP contribution in [-0.2, 0) is 13.1 Å². The molecule has 8 rings (SSSR count). The van der Waals surface area contributed by atoms with Crippen molar-refractivity contribution in [3.05, 3.63) is 133 Å². The number of aliphatic hydroxyl groups excluding tert-OH is 2. The number of rotatable bonds is 10. The van der Waals surface area contributed by atoms with Gasteiger partial charge < -0.3 is 10.2 Å². The minimum absolute atomic E-state index is 0.0223. The number of nitrogens with zero attached hydrogens (tertiary/aromatic N) is 8. The lowest BCUT2D eigenvalue weighted by Gasteiger charge is -2.07. The van der Waals surface area contributed by atoms with Crippen molar-refractivity contribution in [1.82, 2.24) is 49.9 Å². The van der Waals surface area contributed by atoms with E-state index in [9.17, 15) is 8.78 Å². The number of aromatic amines is 2. The summed E-state index contributed by atoms with van der Waals surface area (Å²) < 4.78 is 32.1. The summed E-state index contributed by atoms with van der Waals surface area (Å²) in [5, 5.41) is 40.7. The number of aliphatic hydroxyl groups is 2. The Labute approximate surface area is 308 Å². The number of aromatic nitrogens is 10. The lowest BCUT2D eigenvalue weighted by atomic mass is 9.99. The lowest BCUT2D eigenvalue weighted by Crippen LogP contribution is -2.01.